The molecule has 148 valence electrons. The van der Waals surface area contributed by atoms with E-state index in [1.54, 1.807) is 29.3 Å². The molecule has 0 radical (unpaired) electrons. The maximum Gasteiger partial charge on any atom is 0.355 e. The fraction of sp³-hybridized carbons (Fsp3) is 0.333. The zero-order valence-electron chi connectivity index (χ0n) is 16.1. The minimum absolute atomic E-state index is 0.119. The van der Waals surface area contributed by atoms with Crippen LogP contribution in [0.3, 0.4) is 0 Å². The van der Waals surface area contributed by atoms with E-state index in [-0.39, 0.29) is 11.3 Å². The van der Waals surface area contributed by atoms with Crippen LogP contribution in [-0.4, -0.2) is 57.4 Å². The van der Waals surface area contributed by atoms with Crippen molar-refractivity contribution in [3.63, 3.8) is 0 Å². The summed E-state index contributed by atoms with van der Waals surface area (Å²) >= 11 is 0. The first-order valence-electron chi connectivity index (χ1n) is 9.08. The summed E-state index contributed by atoms with van der Waals surface area (Å²) in [7, 11) is 2.58. The van der Waals surface area contributed by atoms with Crippen molar-refractivity contribution in [3.05, 3.63) is 65.5 Å². The summed E-state index contributed by atoms with van der Waals surface area (Å²) in [6, 6.07) is 7.80. The van der Waals surface area contributed by atoms with Gasteiger partial charge in [0.25, 0.3) is 0 Å². The van der Waals surface area contributed by atoms with Crippen LogP contribution in [-0.2, 0) is 30.3 Å². The van der Waals surface area contributed by atoms with Gasteiger partial charge in [-0.2, -0.15) is 0 Å². The van der Waals surface area contributed by atoms with Crippen molar-refractivity contribution in [3.8, 4) is 0 Å². The van der Waals surface area contributed by atoms with Crippen molar-refractivity contribution in [2.45, 2.75) is 6.54 Å². The van der Waals surface area contributed by atoms with Crippen molar-refractivity contribution in [1.82, 2.24) is 4.90 Å². The second-order valence-electron chi connectivity index (χ2n) is 6.33. The maximum atomic E-state index is 12.6. The number of hydrogen-bond acceptors (Lipinski definition) is 7. The summed E-state index contributed by atoms with van der Waals surface area (Å²) in [5, 5.41) is 0. The predicted octanol–water partition coefficient (Wildman–Crippen LogP) is 2.01. The molecule has 2 heterocycles. The molecular weight excluding hydrogens is 360 g/mol. The molecule has 0 aliphatic carbocycles. The second kappa shape index (κ2) is 9.34. The van der Waals surface area contributed by atoms with Crippen LogP contribution in [0.15, 0.2) is 60.0 Å². The summed E-state index contributed by atoms with van der Waals surface area (Å²) < 4.78 is 15.3. The first-order valence-corrected chi connectivity index (χ1v) is 9.08. The fourth-order valence-corrected chi connectivity index (χ4v) is 3.23. The summed E-state index contributed by atoms with van der Waals surface area (Å²) in [6.07, 6.45) is 6.76. The number of carbonyl (C=O) groups excluding carboxylic acids is 2. The van der Waals surface area contributed by atoms with Gasteiger partial charge in [-0.15, -0.1) is 0 Å². The van der Waals surface area contributed by atoms with Gasteiger partial charge in [0.15, 0.2) is 0 Å². The van der Waals surface area contributed by atoms with Gasteiger partial charge >= 0.3 is 11.9 Å². The number of carbonyl (C=O) groups is 2. The Labute approximate surface area is 164 Å². The largest absolute Gasteiger partial charge is 0.465 e. The van der Waals surface area contributed by atoms with Crippen LogP contribution in [0.4, 0.5) is 5.69 Å². The minimum atomic E-state index is -0.613. The lowest BCUT2D eigenvalue weighted by Gasteiger charge is -2.30. The molecule has 0 amide bonds. The van der Waals surface area contributed by atoms with Gasteiger partial charge in [-0.25, -0.2) is 9.59 Å². The molecule has 28 heavy (non-hydrogen) atoms. The van der Waals surface area contributed by atoms with Crippen molar-refractivity contribution < 1.29 is 23.8 Å². The molecule has 3 rings (SSSR count). The Hall–Kier alpha value is -2.90. The second-order valence-corrected chi connectivity index (χ2v) is 6.33. The van der Waals surface area contributed by atoms with Crippen LogP contribution in [0.25, 0.3) is 0 Å². The van der Waals surface area contributed by atoms with Gasteiger partial charge in [-0.3, -0.25) is 4.90 Å². The van der Waals surface area contributed by atoms with E-state index in [9.17, 15) is 9.59 Å². The average molecular weight is 384 g/mol. The Morgan fingerprint density at radius 1 is 1.04 bits per heavy atom. The zero-order chi connectivity index (χ0) is 19.9. The van der Waals surface area contributed by atoms with Gasteiger partial charge in [0.05, 0.1) is 38.7 Å². The number of allylic oxidation sites excluding steroid dienone is 2. The van der Waals surface area contributed by atoms with E-state index >= 15 is 0 Å². The standard InChI is InChI=1S/C21H24N2O5/c1-26-20(24)17-8-5-6-10-23(19(17)21(25)27-2)18-9-4-3-7-16(18)15-22-11-13-28-14-12-22/h3-10H,11-15H2,1-2H3. The zero-order valence-corrected chi connectivity index (χ0v) is 16.1. The van der Waals surface area contributed by atoms with Crippen molar-refractivity contribution in [1.29, 1.82) is 0 Å². The number of morpholine rings is 1. The lowest BCUT2D eigenvalue weighted by molar-refractivity contribution is -0.139. The maximum absolute atomic E-state index is 12.6. The number of methoxy groups -OCH3 is 2. The minimum Gasteiger partial charge on any atom is -0.465 e. The molecule has 1 aromatic carbocycles. The lowest BCUT2D eigenvalue weighted by atomic mass is 10.1. The molecular formula is C21H24N2O5. The number of esters is 2. The highest BCUT2D eigenvalue weighted by Crippen LogP contribution is 2.30. The van der Waals surface area contributed by atoms with Crippen LogP contribution in [0.5, 0.6) is 0 Å². The predicted molar refractivity (Wildman–Crippen MR) is 104 cm³/mol. The molecule has 2 aliphatic rings. The summed E-state index contributed by atoms with van der Waals surface area (Å²) in [4.78, 5) is 28.9. The monoisotopic (exact) mass is 384 g/mol. The molecule has 1 fully saturated rings. The number of benzene rings is 1. The number of hydrogen-bond donors (Lipinski definition) is 0. The molecule has 1 aromatic rings. The first-order chi connectivity index (χ1) is 13.7. The highest BCUT2D eigenvalue weighted by atomic mass is 16.5. The average Bonchev–Trinajstić information content (AvgIpc) is 2.96. The molecule has 2 aliphatic heterocycles. The van der Waals surface area contributed by atoms with Crippen LogP contribution in [0.1, 0.15) is 5.56 Å². The van der Waals surface area contributed by atoms with E-state index in [1.165, 1.54) is 14.2 Å². The van der Waals surface area contributed by atoms with Crippen molar-refractivity contribution in [2.24, 2.45) is 0 Å². The first kappa shape index (κ1) is 19.9. The highest BCUT2D eigenvalue weighted by Gasteiger charge is 2.28. The molecule has 0 unspecified atom stereocenters. The number of nitrogens with zero attached hydrogens (tertiary/aromatic N) is 2. The van der Waals surface area contributed by atoms with Crippen molar-refractivity contribution >= 4 is 17.6 Å². The molecule has 0 spiro atoms. The summed E-state index contributed by atoms with van der Waals surface area (Å²) in [5.41, 5.74) is 2.09. The van der Waals surface area contributed by atoms with E-state index < -0.39 is 11.9 Å². The van der Waals surface area contributed by atoms with E-state index in [0.29, 0.717) is 19.8 Å². The van der Waals surface area contributed by atoms with E-state index in [1.807, 2.05) is 24.3 Å². The van der Waals surface area contributed by atoms with Crippen LogP contribution < -0.4 is 4.90 Å². The molecule has 0 atom stereocenters. The molecule has 0 aromatic heterocycles. The lowest BCUT2D eigenvalue weighted by Crippen LogP contribution is -2.36. The Bertz CT molecular complexity index is 822. The Balaban J connectivity index is 2.05. The third-order valence-corrected chi connectivity index (χ3v) is 4.64. The molecule has 0 saturated carbocycles. The number of ether oxygens (including phenoxy) is 3. The fourth-order valence-electron chi connectivity index (χ4n) is 3.23. The van der Waals surface area contributed by atoms with Gasteiger partial charge in [-0.05, 0) is 23.8 Å². The summed E-state index contributed by atoms with van der Waals surface area (Å²) in [5.74, 6) is -1.21. The van der Waals surface area contributed by atoms with Crippen LogP contribution in [0, 0.1) is 0 Å². The third-order valence-electron chi connectivity index (χ3n) is 4.64. The highest BCUT2D eigenvalue weighted by molar-refractivity contribution is 6.05. The number of rotatable bonds is 5. The van der Waals surface area contributed by atoms with E-state index in [0.717, 1.165) is 24.3 Å². The topological polar surface area (TPSA) is 68.3 Å². The van der Waals surface area contributed by atoms with Gasteiger partial charge in [0.2, 0.25) is 0 Å². The quantitative estimate of drug-likeness (QED) is 0.720. The Kier molecular flexibility index (Phi) is 6.62. The van der Waals surface area contributed by atoms with Gasteiger partial charge in [-0.1, -0.05) is 24.3 Å². The van der Waals surface area contributed by atoms with Gasteiger partial charge < -0.3 is 19.1 Å². The Morgan fingerprint density at radius 3 is 2.46 bits per heavy atom. The van der Waals surface area contributed by atoms with Crippen molar-refractivity contribution in [2.75, 3.05) is 45.4 Å². The number of para-hydroxylation sites is 1. The SMILES string of the molecule is COC(=O)C1=C(C(=O)OC)N(c2ccccc2CN2CCOCC2)C=CC=C1. The van der Waals surface area contributed by atoms with Crippen LogP contribution in [0.2, 0.25) is 0 Å². The molecule has 0 N–H and O–H groups in total. The summed E-state index contributed by atoms with van der Waals surface area (Å²) in [6.45, 7) is 3.81. The van der Waals surface area contributed by atoms with E-state index in [2.05, 4.69) is 4.90 Å². The smallest absolute Gasteiger partial charge is 0.355 e. The molecule has 7 heteroatoms. The van der Waals surface area contributed by atoms with Gasteiger partial charge in [0.1, 0.15) is 5.70 Å². The van der Waals surface area contributed by atoms with Gasteiger partial charge in [0, 0.05) is 25.8 Å². The molecule has 1 saturated heterocycles. The Morgan fingerprint density at radius 2 is 1.75 bits per heavy atom. The van der Waals surface area contributed by atoms with Crippen LogP contribution >= 0.6 is 0 Å². The molecule has 7 nitrogen and oxygen atoms in total. The normalized spacial score (nSPS) is 17.4. The number of anilines is 1. The third kappa shape index (κ3) is 4.32. The van der Waals surface area contributed by atoms with E-state index in [4.69, 9.17) is 14.2 Å². The molecule has 0 bridgehead atoms.